The summed E-state index contributed by atoms with van der Waals surface area (Å²) >= 11 is 13.2. The van der Waals surface area contributed by atoms with Crippen LogP contribution in [0.4, 0.5) is 5.69 Å². The zero-order valence-corrected chi connectivity index (χ0v) is 29.4. The van der Waals surface area contributed by atoms with Gasteiger partial charge >= 0.3 is 0 Å². The molecule has 4 aromatic carbocycles. The molecule has 1 atom stereocenters. The van der Waals surface area contributed by atoms with Crippen molar-refractivity contribution < 1.29 is 22.7 Å². The Balaban J connectivity index is 1.85. The first-order valence-electron chi connectivity index (χ1n) is 15.0. The van der Waals surface area contributed by atoms with Crippen molar-refractivity contribution in [3.63, 3.8) is 0 Å². The number of hydrogen-bond donors (Lipinski definition) is 1. The summed E-state index contributed by atoms with van der Waals surface area (Å²) < 4.78 is 34.7. The van der Waals surface area contributed by atoms with Crippen molar-refractivity contribution in [3.05, 3.63) is 124 Å². The van der Waals surface area contributed by atoms with Gasteiger partial charge in [-0.1, -0.05) is 77.3 Å². The fraction of sp³-hybridized carbons (Fsp3) is 0.278. The van der Waals surface area contributed by atoms with Gasteiger partial charge in [0.05, 0.1) is 17.7 Å². The van der Waals surface area contributed by atoms with Crippen LogP contribution in [0.1, 0.15) is 37.5 Å². The lowest BCUT2D eigenvalue weighted by molar-refractivity contribution is -0.140. The van der Waals surface area contributed by atoms with Crippen molar-refractivity contribution in [2.75, 3.05) is 18.0 Å². The molecule has 47 heavy (non-hydrogen) atoms. The molecule has 0 aliphatic carbocycles. The van der Waals surface area contributed by atoms with E-state index in [0.717, 1.165) is 15.4 Å². The lowest BCUT2D eigenvalue weighted by Gasteiger charge is -2.35. The molecule has 4 aromatic rings. The molecule has 0 aromatic heterocycles. The molecule has 0 unspecified atom stereocenters. The molecule has 0 aliphatic rings. The van der Waals surface area contributed by atoms with E-state index in [1.54, 1.807) is 54.6 Å². The van der Waals surface area contributed by atoms with E-state index in [1.807, 2.05) is 58.0 Å². The number of benzene rings is 4. The first kappa shape index (κ1) is 35.8. The first-order chi connectivity index (χ1) is 22.2. The molecule has 0 saturated carbocycles. The quantitative estimate of drug-likeness (QED) is 0.171. The van der Waals surface area contributed by atoms with Crippen molar-refractivity contribution >= 4 is 50.7 Å². The van der Waals surface area contributed by atoms with Gasteiger partial charge in [0.1, 0.15) is 18.3 Å². The lowest BCUT2D eigenvalue weighted by Crippen LogP contribution is -2.56. The molecule has 4 rings (SSSR count). The van der Waals surface area contributed by atoms with Crippen molar-refractivity contribution in [3.8, 4) is 5.75 Å². The minimum atomic E-state index is -4.27. The Morgan fingerprint density at radius 3 is 2.00 bits per heavy atom. The van der Waals surface area contributed by atoms with Crippen molar-refractivity contribution in [1.82, 2.24) is 10.2 Å². The summed E-state index contributed by atoms with van der Waals surface area (Å²) in [5, 5.41) is 3.63. The summed E-state index contributed by atoms with van der Waals surface area (Å²) in [6, 6.07) is 26.0. The van der Waals surface area contributed by atoms with Gasteiger partial charge in [-0.25, -0.2) is 8.42 Å². The summed E-state index contributed by atoms with van der Waals surface area (Å²) in [5.41, 5.74) is 1.83. The van der Waals surface area contributed by atoms with E-state index in [2.05, 4.69) is 5.32 Å². The monoisotopic (exact) mass is 695 g/mol. The van der Waals surface area contributed by atoms with Crippen molar-refractivity contribution in [1.29, 1.82) is 0 Å². The van der Waals surface area contributed by atoms with Crippen LogP contribution in [0.5, 0.6) is 5.75 Å². The Morgan fingerprint density at radius 1 is 0.851 bits per heavy atom. The fourth-order valence-corrected chi connectivity index (χ4v) is 6.91. The molecule has 248 valence electrons. The second kappa shape index (κ2) is 15.2. The van der Waals surface area contributed by atoms with Crippen molar-refractivity contribution in [2.24, 2.45) is 0 Å². The van der Waals surface area contributed by atoms with Gasteiger partial charge in [0.25, 0.3) is 10.0 Å². The maximum Gasteiger partial charge on any atom is 0.264 e. The Bertz CT molecular complexity index is 1770. The Labute approximate surface area is 287 Å². The highest BCUT2D eigenvalue weighted by atomic mass is 35.5. The van der Waals surface area contributed by atoms with Crippen LogP contribution in [0.2, 0.25) is 10.0 Å². The molecule has 1 N–H and O–H groups in total. The molecular weight excluding hydrogens is 657 g/mol. The number of sulfonamides is 1. The number of ether oxygens (including phenoxy) is 1. The van der Waals surface area contributed by atoms with Gasteiger partial charge in [0, 0.05) is 34.1 Å². The molecule has 2 amide bonds. The second-order valence-electron chi connectivity index (χ2n) is 12.2. The molecule has 0 bridgehead atoms. The van der Waals surface area contributed by atoms with E-state index >= 15 is 0 Å². The zero-order valence-electron chi connectivity index (χ0n) is 27.0. The highest BCUT2D eigenvalue weighted by Crippen LogP contribution is 2.30. The van der Waals surface area contributed by atoms with Crippen molar-refractivity contribution in [2.45, 2.75) is 57.1 Å². The number of halogens is 2. The maximum absolute atomic E-state index is 14.6. The average molecular weight is 697 g/mol. The van der Waals surface area contributed by atoms with Crippen LogP contribution < -0.4 is 14.4 Å². The highest BCUT2D eigenvalue weighted by Gasteiger charge is 2.36. The van der Waals surface area contributed by atoms with Gasteiger partial charge < -0.3 is 15.0 Å². The molecule has 0 saturated heterocycles. The standard InChI is InChI=1S/C36H39Cl2N3O5S/c1-25-14-16-27(17-15-25)41(47(44,45)29-20-18-28(46-5)19-21-29)24-34(42)40(23-30-31(37)12-9-13-32(30)38)33(35(43)39-36(2,3)4)22-26-10-7-6-8-11-26/h6-21,33H,22-24H2,1-5H3,(H,39,43)/t33-/m0/s1. The number of rotatable bonds is 12. The summed E-state index contributed by atoms with van der Waals surface area (Å²) in [5.74, 6) is -0.542. The number of methoxy groups -OCH3 is 1. The van der Waals surface area contributed by atoms with E-state index < -0.39 is 40.0 Å². The molecule has 0 aliphatic heterocycles. The number of amides is 2. The third kappa shape index (κ3) is 9.28. The van der Waals surface area contributed by atoms with Gasteiger partial charge in [-0.2, -0.15) is 0 Å². The minimum absolute atomic E-state index is 0.0290. The van der Waals surface area contributed by atoms with Crippen LogP contribution >= 0.6 is 23.2 Å². The molecule has 8 nitrogen and oxygen atoms in total. The highest BCUT2D eigenvalue weighted by molar-refractivity contribution is 7.92. The normalized spacial score (nSPS) is 12.2. The second-order valence-corrected chi connectivity index (χ2v) is 14.9. The Hall–Kier alpha value is -4.05. The summed E-state index contributed by atoms with van der Waals surface area (Å²) in [6.07, 6.45) is 0.159. The lowest BCUT2D eigenvalue weighted by atomic mass is 10.0. The number of carbonyl (C=O) groups excluding carboxylic acids is 2. The van der Waals surface area contributed by atoms with Gasteiger partial charge in [0.2, 0.25) is 11.8 Å². The molecule has 0 spiro atoms. The number of carbonyl (C=O) groups is 2. The summed E-state index contributed by atoms with van der Waals surface area (Å²) in [6.45, 7) is 6.69. The zero-order chi connectivity index (χ0) is 34.4. The first-order valence-corrected chi connectivity index (χ1v) is 17.2. The molecule has 0 fully saturated rings. The number of hydrogen-bond acceptors (Lipinski definition) is 5. The maximum atomic E-state index is 14.6. The Kier molecular flexibility index (Phi) is 11.6. The third-order valence-electron chi connectivity index (χ3n) is 7.41. The number of nitrogens with one attached hydrogen (secondary N) is 1. The Morgan fingerprint density at radius 2 is 1.45 bits per heavy atom. The summed E-state index contributed by atoms with van der Waals surface area (Å²) in [7, 11) is -2.78. The molecular formula is C36H39Cl2N3O5S. The van der Waals surface area contributed by atoms with Crippen LogP contribution in [0.15, 0.2) is 102 Å². The molecule has 0 heterocycles. The van der Waals surface area contributed by atoms with Gasteiger partial charge in [-0.05, 0) is 81.8 Å². The van der Waals surface area contributed by atoms with E-state index in [4.69, 9.17) is 27.9 Å². The number of aryl methyl sites for hydroxylation is 1. The molecule has 11 heteroatoms. The van der Waals surface area contributed by atoms with Crippen LogP contribution in [-0.4, -0.2) is 50.4 Å². The van der Waals surface area contributed by atoms with E-state index in [-0.39, 0.29) is 23.5 Å². The van der Waals surface area contributed by atoms with Gasteiger partial charge in [-0.3, -0.25) is 13.9 Å². The SMILES string of the molecule is COc1ccc(S(=O)(=O)N(CC(=O)N(Cc2c(Cl)cccc2Cl)[C@@H](Cc2ccccc2)C(=O)NC(C)(C)C)c2ccc(C)cc2)cc1. The van der Waals surface area contributed by atoms with E-state index in [9.17, 15) is 18.0 Å². The van der Waals surface area contributed by atoms with Crippen LogP contribution in [0, 0.1) is 6.92 Å². The molecule has 0 radical (unpaired) electrons. The average Bonchev–Trinajstić information content (AvgIpc) is 3.02. The predicted octanol–water partition coefficient (Wildman–Crippen LogP) is 7.06. The van der Waals surface area contributed by atoms with Crippen LogP contribution in [-0.2, 0) is 32.6 Å². The number of anilines is 1. The van der Waals surface area contributed by atoms with Gasteiger partial charge in [-0.15, -0.1) is 0 Å². The topological polar surface area (TPSA) is 96.0 Å². The van der Waals surface area contributed by atoms with E-state index in [0.29, 0.717) is 21.4 Å². The smallest absolute Gasteiger partial charge is 0.264 e. The predicted molar refractivity (Wildman–Crippen MR) is 188 cm³/mol. The summed E-state index contributed by atoms with van der Waals surface area (Å²) in [4.78, 5) is 30.0. The third-order valence-corrected chi connectivity index (χ3v) is 9.90. The van der Waals surface area contributed by atoms with Gasteiger partial charge in [0.15, 0.2) is 0 Å². The minimum Gasteiger partial charge on any atom is -0.497 e. The van der Waals surface area contributed by atoms with E-state index in [1.165, 1.54) is 24.1 Å². The fourth-order valence-electron chi connectivity index (χ4n) is 4.98. The number of nitrogens with zero attached hydrogens (tertiary/aromatic N) is 2. The van der Waals surface area contributed by atoms with Crippen LogP contribution in [0.3, 0.4) is 0 Å². The largest absolute Gasteiger partial charge is 0.497 e. The van der Waals surface area contributed by atoms with Crippen LogP contribution in [0.25, 0.3) is 0 Å².